The highest BCUT2D eigenvalue weighted by molar-refractivity contribution is 5.66. The first-order chi connectivity index (χ1) is 8.22. The van der Waals surface area contributed by atoms with Gasteiger partial charge in [0.1, 0.15) is 0 Å². The van der Waals surface area contributed by atoms with Gasteiger partial charge >= 0.3 is 5.97 Å². The molecule has 0 bridgehead atoms. The van der Waals surface area contributed by atoms with Crippen molar-refractivity contribution < 1.29 is 20.1 Å². The monoisotopic (exact) mass is 262 g/mol. The van der Waals surface area contributed by atoms with Crippen LogP contribution in [0.25, 0.3) is 0 Å². The number of rotatable bonds is 7. The zero-order valence-corrected chi connectivity index (χ0v) is 12.4. The minimum atomic E-state index is -0.711. The number of aliphatic hydroxyl groups excluding tert-OH is 1. The third-order valence-corrected chi connectivity index (χ3v) is 3.20. The molecule has 0 aliphatic rings. The zero-order valence-electron chi connectivity index (χ0n) is 12.4. The minimum absolute atomic E-state index is 0.168. The molecular weight excluding hydrogens is 232 g/mol. The van der Waals surface area contributed by atoms with Crippen molar-refractivity contribution in [3.63, 3.8) is 0 Å². The van der Waals surface area contributed by atoms with Gasteiger partial charge < -0.3 is 15.3 Å². The summed E-state index contributed by atoms with van der Waals surface area (Å²) in [5, 5.41) is 26.8. The van der Waals surface area contributed by atoms with Crippen LogP contribution in [0.15, 0.2) is 0 Å². The first kappa shape index (κ1) is 19.7. The maximum Gasteiger partial charge on any atom is 0.303 e. The fraction of sp³-hybridized carbons (Fsp3) is 0.929. The molecule has 0 radical (unpaired) electrons. The van der Waals surface area contributed by atoms with E-state index in [1.807, 2.05) is 34.6 Å². The van der Waals surface area contributed by atoms with Gasteiger partial charge in [0.15, 0.2) is 0 Å². The molecule has 0 unspecified atom stereocenters. The van der Waals surface area contributed by atoms with Crippen LogP contribution in [0.3, 0.4) is 0 Å². The fourth-order valence-corrected chi connectivity index (χ4v) is 1.82. The molecule has 0 amide bonds. The summed E-state index contributed by atoms with van der Waals surface area (Å²) in [7, 11) is 0. The first-order valence-electron chi connectivity index (χ1n) is 6.77. The van der Waals surface area contributed by atoms with E-state index in [0.29, 0.717) is 19.3 Å². The maximum absolute atomic E-state index is 10.2. The summed E-state index contributed by atoms with van der Waals surface area (Å²) >= 11 is 0. The van der Waals surface area contributed by atoms with Gasteiger partial charge in [0.25, 0.3) is 0 Å². The van der Waals surface area contributed by atoms with E-state index < -0.39 is 11.6 Å². The van der Waals surface area contributed by atoms with Gasteiger partial charge in [0, 0.05) is 13.0 Å². The molecule has 0 spiro atoms. The largest absolute Gasteiger partial charge is 0.481 e. The highest BCUT2D eigenvalue weighted by Crippen LogP contribution is 2.30. The van der Waals surface area contributed by atoms with Crippen molar-refractivity contribution in [1.82, 2.24) is 0 Å². The molecule has 0 atom stereocenters. The van der Waals surface area contributed by atoms with Crippen LogP contribution in [0.4, 0.5) is 0 Å². The molecule has 0 rings (SSSR count). The van der Waals surface area contributed by atoms with Crippen LogP contribution in [0.5, 0.6) is 0 Å². The summed E-state index contributed by atoms with van der Waals surface area (Å²) in [6.07, 6.45) is 2.40. The Labute approximate surface area is 111 Å². The Morgan fingerprint density at radius 3 is 1.78 bits per heavy atom. The second-order valence-corrected chi connectivity index (χ2v) is 5.27. The van der Waals surface area contributed by atoms with Crippen LogP contribution in [0.2, 0.25) is 0 Å². The molecule has 3 N–H and O–H groups in total. The average Bonchev–Trinajstić information content (AvgIpc) is 2.25. The van der Waals surface area contributed by atoms with Crippen molar-refractivity contribution in [2.75, 3.05) is 6.61 Å². The van der Waals surface area contributed by atoms with Crippen molar-refractivity contribution >= 4 is 5.97 Å². The van der Waals surface area contributed by atoms with E-state index in [0.717, 1.165) is 6.42 Å². The first-order valence-corrected chi connectivity index (χ1v) is 6.77. The SMILES string of the molecule is CC(C)C(O)(CCCO)C(C)C.CCCC(=O)O. The number of hydrogen-bond acceptors (Lipinski definition) is 3. The number of aliphatic hydroxyl groups is 2. The molecule has 110 valence electrons. The lowest BCUT2D eigenvalue weighted by Crippen LogP contribution is -2.40. The van der Waals surface area contributed by atoms with Crippen LogP contribution in [0, 0.1) is 11.8 Å². The molecule has 0 aromatic heterocycles. The maximum atomic E-state index is 10.2. The van der Waals surface area contributed by atoms with Gasteiger partial charge in [0.2, 0.25) is 0 Å². The van der Waals surface area contributed by atoms with Gasteiger partial charge in [-0.1, -0.05) is 34.6 Å². The molecule has 0 saturated heterocycles. The van der Waals surface area contributed by atoms with E-state index in [9.17, 15) is 9.90 Å². The Balaban J connectivity index is 0. The van der Waals surface area contributed by atoms with Gasteiger partial charge in [-0.3, -0.25) is 4.79 Å². The number of carboxylic acids is 1. The number of carbonyl (C=O) groups is 1. The van der Waals surface area contributed by atoms with Crippen LogP contribution in [0.1, 0.15) is 60.3 Å². The lowest BCUT2D eigenvalue weighted by Gasteiger charge is -2.36. The predicted molar refractivity (Wildman–Crippen MR) is 73.5 cm³/mol. The second kappa shape index (κ2) is 10.3. The third-order valence-electron chi connectivity index (χ3n) is 3.20. The molecule has 0 aliphatic heterocycles. The molecule has 0 saturated carbocycles. The van der Waals surface area contributed by atoms with E-state index in [4.69, 9.17) is 10.2 Å². The molecule has 18 heavy (non-hydrogen) atoms. The van der Waals surface area contributed by atoms with Crippen LogP contribution in [-0.4, -0.2) is 33.5 Å². The molecule has 0 heterocycles. The lowest BCUT2D eigenvalue weighted by atomic mass is 9.77. The molecule has 0 aliphatic carbocycles. The summed E-state index contributed by atoms with van der Waals surface area (Å²) in [5.41, 5.74) is -0.608. The van der Waals surface area contributed by atoms with E-state index >= 15 is 0 Å². The highest BCUT2D eigenvalue weighted by atomic mass is 16.4. The van der Waals surface area contributed by atoms with E-state index in [2.05, 4.69) is 0 Å². The van der Waals surface area contributed by atoms with Gasteiger partial charge in [-0.15, -0.1) is 0 Å². The van der Waals surface area contributed by atoms with Gasteiger partial charge in [0.05, 0.1) is 5.60 Å². The topological polar surface area (TPSA) is 77.8 Å². The predicted octanol–water partition coefficient (Wildman–Crippen LogP) is 2.67. The van der Waals surface area contributed by atoms with E-state index in [1.54, 1.807) is 0 Å². The number of aliphatic carboxylic acids is 1. The Kier molecular flexibility index (Phi) is 11.3. The van der Waals surface area contributed by atoms with Crippen LogP contribution < -0.4 is 0 Å². The zero-order chi connectivity index (χ0) is 14.8. The van der Waals surface area contributed by atoms with Crippen molar-refractivity contribution in [1.29, 1.82) is 0 Å². The smallest absolute Gasteiger partial charge is 0.303 e. The molecule has 0 aromatic rings. The van der Waals surface area contributed by atoms with Crippen molar-refractivity contribution in [2.45, 2.75) is 65.9 Å². The Morgan fingerprint density at radius 1 is 1.17 bits per heavy atom. The van der Waals surface area contributed by atoms with Crippen molar-refractivity contribution in [3.8, 4) is 0 Å². The van der Waals surface area contributed by atoms with E-state index in [1.165, 1.54) is 0 Å². The van der Waals surface area contributed by atoms with Gasteiger partial charge in [-0.2, -0.15) is 0 Å². The summed E-state index contributed by atoms with van der Waals surface area (Å²) in [6, 6.07) is 0. The van der Waals surface area contributed by atoms with Crippen LogP contribution >= 0.6 is 0 Å². The van der Waals surface area contributed by atoms with Gasteiger partial charge in [-0.25, -0.2) is 0 Å². The summed E-state index contributed by atoms with van der Waals surface area (Å²) in [5.74, 6) is -0.203. The van der Waals surface area contributed by atoms with Crippen LogP contribution in [-0.2, 0) is 4.79 Å². The summed E-state index contributed by atoms with van der Waals surface area (Å²) < 4.78 is 0. The van der Waals surface area contributed by atoms with Gasteiger partial charge in [-0.05, 0) is 31.1 Å². The standard InChI is InChI=1S/C10H22O2.C4H8O2/c1-8(2)10(12,9(3)4)6-5-7-11;1-2-3-4(5)6/h8-9,11-12H,5-7H2,1-4H3;2-3H2,1H3,(H,5,6). The Hall–Kier alpha value is -0.610. The summed E-state index contributed by atoms with van der Waals surface area (Å²) in [6.45, 7) is 10.1. The second-order valence-electron chi connectivity index (χ2n) is 5.27. The summed E-state index contributed by atoms with van der Waals surface area (Å²) in [4.78, 5) is 9.60. The molecule has 0 aromatic carbocycles. The normalized spacial score (nSPS) is 11.4. The number of carboxylic acid groups (broad SMARTS) is 1. The van der Waals surface area contributed by atoms with Crippen molar-refractivity contribution in [2.24, 2.45) is 11.8 Å². The Morgan fingerprint density at radius 2 is 1.61 bits per heavy atom. The molecule has 0 fully saturated rings. The average molecular weight is 262 g/mol. The third kappa shape index (κ3) is 8.48. The molecule has 4 nitrogen and oxygen atoms in total. The van der Waals surface area contributed by atoms with Crippen molar-refractivity contribution in [3.05, 3.63) is 0 Å². The number of hydrogen-bond donors (Lipinski definition) is 3. The fourth-order valence-electron chi connectivity index (χ4n) is 1.82. The van der Waals surface area contributed by atoms with E-state index in [-0.39, 0.29) is 18.4 Å². The highest BCUT2D eigenvalue weighted by Gasteiger charge is 2.33. The molecule has 4 heteroatoms. The molecular formula is C14H30O4. The minimum Gasteiger partial charge on any atom is -0.481 e. The lowest BCUT2D eigenvalue weighted by molar-refractivity contribution is -0.137. The quantitative estimate of drug-likeness (QED) is 0.659. The Bertz CT molecular complexity index is 204.